The predicted molar refractivity (Wildman–Crippen MR) is 130 cm³/mol. The number of likely N-dealkylation sites (tertiary alicyclic amines) is 2. The van der Waals surface area contributed by atoms with E-state index in [0.717, 1.165) is 11.3 Å². The molecule has 4 heterocycles. The number of carbonyl (C=O) groups is 3. The minimum absolute atomic E-state index is 0.0419. The normalized spacial score (nSPS) is 23.5. The van der Waals surface area contributed by atoms with E-state index in [0.29, 0.717) is 50.1 Å². The fourth-order valence-corrected chi connectivity index (χ4v) is 5.37. The molecular formula is C27H29N3O6. The maximum Gasteiger partial charge on any atom is 0.409 e. The third-order valence-electron chi connectivity index (χ3n) is 7.06. The largest absolute Gasteiger partial charge is 0.507 e. The molecule has 1 N–H and O–H groups in total. The van der Waals surface area contributed by atoms with Crippen LogP contribution in [0.2, 0.25) is 0 Å². The Kier molecular flexibility index (Phi) is 6.38. The molecule has 9 nitrogen and oxygen atoms in total. The van der Waals surface area contributed by atoms with Gasteiger partial charge in [0, 0.05) is 43.5 Å². The highest BCUT2D eigenvalue weighted by Crippen LogP contribution is 2.42. The van der Waals surface area contributed by atoms with Crippen molar-refractivity contribution in [1.82, 2.24) is 14.8 Å². The maximum atomic E-state index is 13.4. The van der Waals surface area contributed by atoms with Gasteiger partial charge in [0.1, 0.15) is 17.6 Å². The van der Waals surface area contributed by atoms with Crippen molar-refractivity contribution in [2.45, 2.75) is 51.3 Å². The molecule has 0 saturated carbocycles. The summed E-state index contributed by atoms with van der Waals surface area (Å²) in [6.45, 7) is 4.86. The summed E-state index contributed by atoms with van der Waals surface area (Å²) < 4.78 is 10.9. The lowest BCUT2D eigenvalue weighted by Crippen LogP contribution is -2.48. The Hall–Kier alpha value is -3.88. The highest BCUT2D eigenvalue weighted by atomic mass is 16.6. The van der Waals surface area contributed by atoms with Gasteiger partial charge in [-0.2, -0.15) is 0 Å². The van der Waals surface area contributed by atoms with Crippen LogP contribution in [0.3, 0.4) is 0 Å². The second-order valence-corrected chi connectivity index (χ2v) is 9.36. The first-order chi connectivity index (χ1) is 17.4. The molecule has 2 unspecified atom stereocenters. The lowest BCUT2D eigenvalue weighted by molar-refractivity contribution is -0.142. The van der Waals surface area contributed by atoms with Gasteiger partial charge in [-0.1, -0.05) is 0 Å². The lowest BCUT2D eigenvalue weighted by Gasteiger charge is -2.38. The third-order valence-corrected chi connectivity index (χ3v) is 7.06. The Balaban J connectivity index is 1.51. The number of hydrogen-bond donors (Lipinski definition) is 1. The number of nitrogens with zero attached hydrogens (tertiary/aromatic N) is 3. The van der Waals surface area contributed by atoms with E-state index in [1.807, 2.05) is 13.0 Å². The van der Waals surface area contributed by atoms with Crippen LogP contribution >= 0.6 is 0 Å². The molecule has 3 aliphatic heterocycles. The summed E-state index contributed by atoms with van der Waals surface area (Å²) >= 11 is 0. The van der Waals surface area contributed by atoms with E-state index in [9.17, 15) is 19.5 Å². The first-order valence-electron chi connectivity index (χ1n) is 12.3. The van der Waals surface area contributed by atoms with E-state index in [1.54, 1.807) is 53.4 Å². The SMILES string of the molecule is CCOC(=O)N1CCC(N2C(=O)C(=O)/C(=C(\O)c3ccc4c(c3)CC(C)O4)C2c2ccncc2)CC1. The molecule has 5 rings (SSSR count). The van der Waals surface area contributed by atoms with E-state index < -0.39 is 17.7 Å². The number of hydrogen-bond acceptors (Lipinski definition) is 7. The molecule has 188 valence electrons. The molecule has 2 aromatic rings. The molecule has 2 atom stereocenters. The number of fused-ring (bicyclic) bond motifs is 1. The van der Waals surface area contributed by atoms with Crippen molar-refractivity contribution < 1.29 is 29.0 Å². The molecule has 0 radical (unpaired) electrons. The number of amides is 2. The summed E-state index contributed by atoms with van der Waals surface area (Å²) in [4.78, 5) is 46.1. The summed E-state index contributed by atoms with van der Waals surface area (Å²) in [5.41, 5.74) is 2.18. The molecule has 2 amide bonds. The van der Waals surface area contributed by atoms with Crippen molar-refractivity contribution in [3.63, 3.8) is 0 Å². The summed E-state index contributed by atoms with van der Waals surface area (Å²) in [7, 11) is 0. The Morgan fingerprint density at radius 3 is 2.58 bits per heavy atom. The van der Waals surface area contributed by atoms with Gasteiger partial charge in [0.05, 0.1) is 18.2 Å². The molecule has 9 heteroatoms. The number of benzene rings is 1. The van der Waals surface area contributed by atoms with E-state index in [4.69, 9.17) is 9.47 Å². The molecule has 2 saturated heterocycles. The topological polar surface area (TPSA) is 109 Å². The first kappa shape index (κ1) is 23.8. The minimum Gasteiger partial charge on any atom is -0.507 e. The molecule has 36 heavy (non-hydrogen) atoms. The average Bonchev–Trinajstić information content (AvgIpc) is 3.39. The van der Waals surface area contributed by atoms with E-state index >= 15 is 0 Å². The zero-order valence-electron chi connectivity index (χ0n) is 20.3. The number of aliphatic hydroxyl groups excluding tert-OH is 1. The fourth-order valence-electron chi connectivity index (χ4n) is 5.37. The highest BCUT2D eigenvalue weighted by Gasteiger charge is 2.49. The number of ketones is 1. The van der Waals surface area contributed by atoms with Crippen LogP contribution in [0.4, 0.5) is 4.79 Å². The Morgan fingerprint density at radius 2 is 1.89 bits per heavy atom. The van der Waals surface area contributed by atoms with Crippen molar-refractivity contribution in [3.8, 4) is 5.75 Å². The van der Waals surface area contributed by atoms with Gasteiger partial charge in [0.25, 0.3) is 11.7 Å². The van der Waals surface area contributed by atoms with Gasteiger partial charge in [0.2, 0.25) is 0 Å². The number of pyridine rings is 1. The number of aliphatic hydroxyl groups is 1. The molecule has 1 aromatic heterocycles. The predicted octanol–water partition coefficient (Wildman–Crippen LogP) is 3.45. The maximum absolute atomic E-state index is 13.4. The Labute approximate surface area is 209 Å². The number of ether oxygens (including phenoxy) is 2. The van der Waals surface area contributed by atoms with Crippen molar-refractivity contribution in [2.24, 2.45) is 0 Å². The van der Waals surface area contributed by atoms with Crippen LogP contribution in [-0.4, -0.2) is 69.5 Å². The van der Waals surface area contributed by atoms with E-state index in [2.05, 4.69) is 4.98 Å². The molecule has 2 fully saturated rings. The average molecular weight is 492 g/mol. The second-order valence-electron chi connectivity index (χ2n) is 9.36. The number of Topliss-reactive ketones (excluding diaryl/α,β-unsaturated/α-hetero) is 1. The summed E-state index contributed by atoms with van der Waals surface area (Å²) in [6, 6.07) is 7.80. The second kappa shape index (κ2) is 9.64. The Bertz CT molecular complexity index is 1220. The highest BCUT2D eigenvalue weighted by molar-refractivity contribution is 6.46. The number of rotatable bonds is 4. The van der Waals surface area contributed by atoms with Crippen LogP contribution in [0.1, 0.15) is 49.4 Å². The van der Waals surface area contributed by atoms with Crippen molar-refractivity contribution in [3.05, 3.63) is 65.0 Å². The summed E-state index contributed by atoms with van der Waals surface area (Å²) in [6.07, 6.45) is 4.58. The van der Waals surface area contributed by atoms with E-state index in [1.165, 1.54) is 0 Å². The van der Waals surface area contributed by atoms with Crippen LogP contribution in [0, 0.1) is 0 Å². The molecule has 3 aliphatic rings. The number of carbonyl (C=O) groups excluding carboxylic acids is 3. The van der Waals surface area contributed by atoms with Crippen molar-refractivity contribution in [1.29, 1.82) is 0 Å². The van der Waals surface area contributed by atoms with E-state index in [-0.39, 0.29) is 29.6 Å². The van der Waals surface area contributed by atoms with Crippen LogP contribution in [0.5, 0.6) is 5.75 Å². The lowest BCUT2D eigenvalue weighted by atomic mass is 9.93. The molecule has 0 spiro atoms. The Morgan fingerprint density at radius 1 is 1.17 bits per heavy atom. The monoisotopic (exact) mass is 491 g/mol. The minimum atomic E-state index is -0.754. The van der Waals surface area contributed by atoms with Crippen LogP contribution in [-0.2, 0) is 20.7 Å². The van der Waals surface area contributed by atoms with Crippen LogP contribution in [0.25, 0.3) is 5.76 Å². The quantitative estimate of drug-likeness (QED) is 0.396. The van der Waals surface area contributed by atoms with Gasteiger partial charge in [0.15, 0.2) is 0 Å². The fraction of sp³-hybridized carbons (Fsp3) is 0.407. The number of piperidine rings is 1. The van der Waals surface area contributed by atoms with Gasteiger partial charge in [-0.25, -0.2) is 4.79 Å². The van der Waals surface area contributed by atoms with Crippen LogP contribution < -0.4 is 4.74 Å². The zero-order valence-corrected chi connectivity index (χ0v) is 20.3. The standard InChI is InChI=1S/C27H29N3O6/c1-3-35-27(34)29-12-8-20(9-13-29)30-23(17-6-10-28-11-7-17)22(25(32)26(30)33)24(31)18-4-5-21-19(15-18)14-16(2)36-21/h4-7,10-11,15-16,20,23,31H,3,8-9,12-14H2,1-2H3/b24-22-. The summed E-state index contributed by atoms with van der Waals surface area (Å²) in [5.74, 6) is -0.805. The van der Waals surface area contributed by atoms with Gasteiger partial charge in [-0.05, 0) is 68.1 Å². The van der Waals surface area contributed by atoms with Crippen molar-refractivity contribution in [2.75, 3.05) is 19.7 Å². The van der Waals surface area contributed by atoms with Gasteiger partial charge in [-0.15, -0.1) is 0 Å². The molecule has 0 aliphatic carbocycles. The van der Waals surface area contributed by atoms with Crippen molar-refractivity contribution >= 4 is 23.5 Å². The molecule has 0 bridgehead atoms. The molecule has 1 aromatic carbocycles. The van der Waals surface area contributed by atoms with Gasteiger partial charge in [-0.3, -0.25) is 14.6 Å². The molecular weight excluding hydrogens is 462 g/mol. The zero-order chi connectivity index (χ0) is 25.4. The van der Waals surface area contributed by atoms with Crippen LogP contribution in [0.15, 0.2) is 48.3 Å². The van der Waals surface area contributed by atoms with Gasteiger partial charge >= 0.3 is 6.09 Å². The number of aromatic nitrogens is 1. The van der Waals surface area contributed by atoms with Gasteiger partial charge < -0.3 is 24.4 Å². The summed E-state index contributed by atoms with van der Waals surface area (Å²) in [5, 5.41) is 11.4. The third kappa shape index (κ3) is 4.19. The smallest absolute Gasteiger partial charge is 0.409 e. The first-order valence-corrected chi connectivity index (χ1v) is 12.3.